The van der Waals surface area contributed by atoms with Gasteiger partial charge < -0.3 is 5.32 Å². The van der Waals surface area contributed by atoms with Crippen molar-refractivity contribution < 1.29 is 0 Å². The summed E-state index contributed by atoms with van der Waals surface area (Å²) in [6.07, 6.45) is 9.56. The van der Waals surface area contributed by atoms with E-state index in [4.69, 9.17) is 0 Å². The normalized spacial score (nSPS) is 10.8. The van der Waals surface area contributed by atoms with E-state index in [0.29, 0.717) is 0 Å². The summed E-state index contributed by atoms with van der Waals surface area (Å²) < 4.78 is 0. The fourth-order valence-electron chi connectivity index (χ4n) is 2.68. The SMILES string of the molecule is CCCCCCCCCNc1cccc2ccccc12. The van der Waals surface area contributed by atoms with Gasteiger partial charge in [-0.25, -0.2) is 0 Å². The van der Waals surface area contributed by atoms with Crippen LogP contribution in [0.15, 0.2) is 42.5 Å². The molecule has 0 aliphatic carbocycles. The molecule has 108 valence electrons. The zero-order valence-electron chi connectivity index (χ0n) is 12.7. The standard InChI is InChI=1S/C19H27N/c1-2-3-4-5-6-7-10-16-20-19-15-11-13-17-12-8-9-14-18(17)19/h8-9,11-15,20H,2-7,10,16H2,1H3. The zero-order chi connectivity index (χ0) is 14.0. The number of rotatable bonds is 9. The molecule has 0 aliphatic rings. The molecule has 0 saturated carbocycles. The molecule has 0 aromatic heterocycles. The minimum absolute atomic E-state index is 1.09. The second-order valence-electron chi connectivity index (χ2n) is 5.57. The van der Waals surface area contributed by atoms with Crippen molar-refractivity contribution in [3.8, 4) is 0 Å². The van der Waals surface area contributed by atoms with Crippen LogP contribution in [0.2, 0.25) is 0 Å². The highest BCUT2D eigenvalue weighted by Gasteiger charge is 1.98. The van der Waals surface area contributed by atoms with E-state index in [0.717, 1.165) is 6.54 Å². The Bertz CT molecular complexity index is 499. The van der Waals surface area contributed by atoms with Crippen LogP contribution in [-0.4, -0.2) is 6.54 Å². The van der Waals surface area contributed by atoms with Crippen LogP contribution < -0.4 is 5.32 Å². The van der Waals surface area contributed by atoms with Crippen molar-refractivity contribution in [2.24, 2.45) is 0 Å². The first-order valence-corrected chi connectivity index (χ1v) is 8.13. The van der Waals surface area contributed by atoms with Gasteiger partial charge in [0.15, 0.2) is 0 Å². The first kappa shape index (κ1) is 14.9. The Hall–Kier alpha value is -1.50. The topological polar surface area (TPSA) is 12.0 Å². The highest BCUT2D eigenvalue weighted by atomic mass is 14.9. The van der Waals surface area contributed by atoms with Crippen molar-refractivity contribution in [2.45, 2.75) is 51.9 Å². The van der Waals surface area contributed by atoms with Gasteiger partial charge in [-0.05, 0) is 17.9 Å². The number of benzene rings is 2. The first-order valence-electron chi connectivity index (χ1n) is 8.13. The van der Waals surface area contributed by atoms with Crippen LogP contribution in [-0.2, 0) is 0 Å². The molecule has 0 amide bonds. The van der Waals surface area contributed by atoms with Gasteiger partial charge >= 0.3 is 0 Å². The summed E-state index contributed by atoms with van der Waals surface area (Å²) in [5.41, 5.74) is 1.27. The first-order chi connectivity index (χ1) is 9.92. The highest BCUT2D eigenvalue weighted by Crippen LogP contribution is 2.22. The number of fused-ring (bicyclic) bond motifs is 1. The van der Waals surface area contributed by atoms with Crippen molar-refractivity contribution >= 4 is 16.5 Å². The fourth-order valence-corrected chi connectivity index (χ4v) is 2.68. The smallest absolute Gasteiger partial charge is 0.0419 e. The zero-order valence-corrected chi connectivity index (χ0v) is 12.7. The maximum atomic E-state index is 3.59. The fraction of sp³-hybridized carbons (Fsp3) is 0.474. The van der Waals surface area contributed by atoms with Crippen LogP contribution in [0.4, 0.5) is 5.69 Å². The number of unbranched alkanes of at least 4 members (excludes halogenated alkanes) is 6. The summed E-state index contributed by atoms with van der Waals surface area (Å²) in [5, 5.41) is 6.24. The Morgan fingerprint density at radius 1 is 0.750 bits per heavy atom. The molecule has 2 aromatic rings. The lowest BCUT2D eigenvalue weighted by atomic mass is 10.1. The van der Waals surface area contributed by atoms with E-state index in [1.165, 1.54) is 61.4 Å². The predicted octanol–water partition coefficient (Wildman–Crippen LogP) is 6.00. The van der Waals surface area contributed by atoms with Gasteiger partial charge in [0.05, 0.1) is 0 Å². The van der Waals surface area contributed by atoms with Crippen LogP contribution in [0.1, 0.15) is 51.9 Å². The van der Waals surface area contributed by atoms with Crippen LogP contribution in [0, 0.1) is 0 Å². The van der Waals surface area contributed by atoms with Gasteiger partial charge in [-0.15, -0.1) is 0 Å². The second-order valence-corrected chi connectivity index (χ2v) is 5.57. The summed E-state index contributed by atoms with van der Waals surface area (Å²) in [7, 11) is 0. The van der Waals surface area contributed by atoms with Gasteiger partial charge in [-0.3, -0.25) is 0 Å². The Morgan fingerprint density at radius 3 is 2.30 bits per heavy atom. The van der Waals surface area contributed by atoms with E-state index in [-0.39, 0.29) is 0 Å². The van der Waals surface area contributed by atoms with Crippen molar-refractivity contribution in [1.82, 2.24) is 0 Å². The summed E-state index contributed by atoms with van der Waals surface area (Å²) >= 11 is 0. The quantitative estimate of drug-likeness (QED) is 0.550. The third-order valence-electron chi connectivity index (χ3n) is 3.89. The Kier molecular flexibility index (Phi) is 6.43. The van der Waals surface area contributed by atoms with Gasteiger partial charge in [0.1, 0.15) is 0 Å². The predicted molar refractivity (Wildman–Crippen MR) is 90.4 cm³/mol. The molecule has 0 atom stereocenters. The van der Waals surface area contributed by atoms with Crippen LogP contribution in [0.25, 0.3) is 10.8 Å². The molecule has 20 heavy (non-hydrogen) atoms. The minimum Gasteiger partial charge on any atom is -0.385 e. The van der Waals surface area contributed by atoms with E-state index in [1.54, 1.807) is 0 Å². The van der Waals surface area contributed by atoms with Crippen LogP contribution in [0.5, 0.6) is 0 Å². The summed E-state index contributed by atoms with van der Waals surface area (Å²) in [4.78, 5) is 0. The molecule has 0 radical (unpaired) electrons. The number of anilines is 1. The molecule has 0 aliphatic heterocycles. The molecular formula is C19H27N. The Balaban J connectivity index is 1.71. The van der Waals surface area contributed by atoms with E-state index in [2.05, 4.69) is 54.7 Å². The molecule has 0 bridgehead atoms. The maximum Gasteiger partial charge on any atom is 0.0419 e. The maximum absolute atomic E-state index is 3.59. The molecule has 0 spiro atoms. The molecule has 1 heteroatoms. The van der Waals surface area contributed by atoms with Crippen molar-refractivity contribution in [1.29, 1.82) is 0 Å². The third kappa shape index (κ3) is 4.56. The molecular weight excluding hydrogens is 242 g/mol. The van der Waals surface area contributed by atoms with Gasteiger partial charge in [-0.1, -0.05) is 81.8 Å². The van der Waals surface area contributed by atoms with Gasteiger partial charge in [0.25, 0.3) is 0 Å². The molecule has 1 nitrogen and oxygen atoms in total. The molecule has 0 unspecified atom stereocenters. The molecule has 2 rings (SSSR count). The second kappa shape index (κ2) is 8.63. The van der Waals surface area contributed by atoms with Crippen LogP contribution in [0.3, 0.4) is 0 Å². The van der Waals surface area contributed by atoms with Crippen molar-refractivity contribution in [3.05, 3.63) is 42.5 Å². The van der Waals surface area contributed by atoms with Gasteiger partial charge in [-0.2, -0.15) is 0 Å². The minimum atomic E-state index is 1.09. The summed E-state index contributed by atoms with van der Waals surface area (Å²) in [6, 6.07) is 15.1. The molecule has 1 N–H and O–H groups in total. The third-order valence-corrected chi connectivity index (χ3v) is 3.89. The Labute approximate surface area is 123 Å². The average molecular weight is 269 g/mol. The molecule has 0 heterocycles. The monoisotopic (exact) mass is 269 g/mol. The molecule has 0 saturated heterocycles. The lowest BCUT2D eigenvalue weighted by Crippen LogP contribution is -2.01. The number of hydrogen-bond acceptors (Lipinski definition) is 1. The lowest BCUT2D eigenvalue weighted by molar-refractivity contribution is 0.596. The lowest BCUT2D eigenvalue weighted by Gasteiger charge is -2.09. The van der Waals surface area contributed by atoms with E-state index in [9.17, 15) is 0 Å². The number of nitrogens with one attached hydrogen (secondary N) is 1. The largest absolute Gasteiger partial charge is 0.385 e. The Morgan fingerprint density at radius 2 is 1.45 bits per heavy atom. The van der Waals surface area contributed by atoms with Gasteiger partial charge in [0.2, 0.25) is 0 Å². The number of hydrogen-bond donors (Lipinski definition) is 1. The molecule has 0 fully saturated rings. The van der Waals surface area contributed by atoms with Crippen LogP contribution >= 0.6 is 0 Å². The summed E-state index contributed by atoms with van der Waals surface area (Å²) in [5.74, 6) is 0. The van der Waals surface area contributed by atoms with E-state index >= 15 is 0 Å². The average Bonchev–Trinajstić information content (AvgIpc) is 2.50. The van der Waals surface area contributed by atoms with E-state index in [1.807, 2.05) is 0 Å². The van der Waals surface area contributed by atoms with Crippen molar-refractivity contribution in [2.75, 3.05) is 11.9 Å². The van der Waals surface area contributed by atoms with Gasteiger partial charge in [0, 0.05) is 17.6 Å². The highest BCUT2D eigenvalue weighted by molar-refractivity contribution is 5.93. The van der Waals surface area contributed by atoms with Crippen molar-refractivity contribution in [3.63, 3.8) is 0 Å². The molecule has 2 aromatic carbocycles. The van der Waals surface area contributed by atoms with E-state index < -0.39 is 0 Å². The summed E-state index contributed by atoms with van der Waals surface area (Å²) in [6.45, 7) is 3.36.